The number of amides is 1. The molecule has 0 saturated carbocycles. The standard InChI is InChI=1S/C30H31NO5/c1-7-20-8-11-22(12-9-20)31-28(32)14-18(2)23-16-24-25(17-36-30(24)19(3)29(23)35-6)21-10-13-26(33-4)27(15-21)34-5/h8-17H,7H2,1-6H3,(H,31,32)/b18-14+. The Kier molecular flexibility index (Phi) is 7.34. The van der Waals surface area contributed by atoms with Crippen molar-refractivity contribution in [1.82, 2.24) is 0 Å². The van der Waals surface area contributed by atoms with E-state index >= 15 is 0 Å². The summed E-state index contributed by atoms with van der Waals surface area (Å²) in [5.74, 6) is 1.75. The maximum Gasteiger partial charge on any atom is 0.248 e. The number of anilines is 1. The van der Waals surface area contributed by atoms with E-state index in [0.29, 0.717) is 17.2 Å². The van der Waals surface area contributed by atoms with Gasteiger partial charge in [-0.2, -0.15) is 0 Å². The highest BCUT2D eigenvalue weighted by Gasteiger charge is 2.19. The van der Waals surface area contributed by atoms with Gasteiger partial charge in [0.1, 0.15) is 11.3 Å². The van der Waals surface area contributed by atoms with E-state index in [-0.39, 0.29) is 5.91 Å². The average Bonchev–Trinajstić information content (AvgIpc) is 3.33. The first-order chi connectivity index (χ1) is 17.4. The number of allylic oxidation sites excluding steroid dienone is 1. The van der Waals surface area contributed by atoms with Crippen molar-refractivity contribution < 1.29 is 23.4 Å². The van der Waals surface area contributed by atoms with Crippen LogP contribution in [0.15, 0.2) is 65.3 Å². The number of hydrogen-bond donors (Lipinski definition) is 1. The molecular formula is C30H31NO5. The smallest absolute Gasteiger partial charge is 0.248 e. The van der Waals surface area contributed by atoms with Gasteiger partial charge >= 0.3 is 0 Å². The quantitative estimate of drug-likeness (QED) is 0.271. The van der Waals surface area contributed by atoms with Gasteiger partial charge in [-0.1, -0.05) is 25.1 Å². The van der Waals surface area contributed by atoms with Crippen molar-refractivity contribution in [3.8, 4) is 28.4 Å². The van der Waals surface area contributed by atoms with E-state index in [0.717, 1.165) is 50.9 Å². The average molecular weight is 486 g/mol. The molecule has 0 spiro atoms. The summed E-state index contributed by atoms with van der Waals surface area (Å²) in [6.45, 7) is 5.96. The topological polar surface area (TPSA) is 69.9 Å². The first-order valence-corrected chi connectivity index (χ1v) is 11.8. The molecule has 6 nitrogen and oxygen atoms in total. The number of hydrogen-bond acceptors (Lipinski definition) is 5. The van der Waals surface area contributed by atoms with Crippen LogP contribution in [0, 0.1) is 6.92 Å². The molecule has 0 aliphatic heterocycles. The third-order valence-electron chi connectivity index (χ3n) is 6.34. The van der Waals surface area contributed by atoms with E-state index in [2.05, 4.69) is 12.2 Å². The first-order valence-electron chi connectivity index (χ1n) is 11.8. The van der Waals surface area contributed by atoms with Gasteiger partial charge in [-0.05, 0) is 67.3 Å². The Morgan fingerprint density at radius 2 is 1.69 bits per heavy atom. The molecule has 1 N–H and O–H groups in total. The van der Waals surface area contributed by atoms with Crippen LogP contribution in [0.2, 0.25) is 0 Å². The van der Waals surface area contributed by atoms with Crippen molar-refractivity contribution >= 4 is 28.1 Å². The second kappa shape index (κ2) is 10.6. The number of furan rings is 1. The Hall–Kier alpha value is -4.19. The molecule has 4 aromatic rings. The van der Waals surface area contributed by atoms with Crippen LogP contribution in [-0.4, -0.2) is 27.2 Å². The minimum absolute atomic E-state index is 0.205. The summed E-state index contributed by atoms with van der Waals surface area (Å²) < 4.78 is 22.6. The molecule has 1 amide bonds. The Bertz CT molecular complexity index is 1430. The van der Waals surface area contributed by atoms with Crippen LogP contribution in [-0.2, 0) is 11.2 Å². The van der Waals surface area contributed by atoms with Crippen molar-refractivity contribution in [2.24, 2.45) is 0 Å². The highest BCUT2D eigenvalue weighted by Crippen LogP contribution is 2.42. The van der Waals surface area contributed by atoms with Crippen LogP contribution in [0.3, 0.4) is 0 Å². The predicted molar refractivity (Wildman–Crippen MR) is 144 cm³/mol. The number of ether oxygens (including phenoxy) is 3. The maximum absolute atomic E-state index is 12.8. The second-order valence-electron chi connectivity index (χ2n) is 8.55. The summed E-state index contributed by atoms with van der Waals surface area (Å²) >= 11 is 0. The van der Waals surface area contributed by atoms with Crippen LogP contribution < -0.4 is 19.5 Å². The molecule has 3 aromatic carbocycles. The van der Waals surface area contributed by atoms with Crippen molar-refractivity contribution in [3.63, 3.8) is 0 Å². The van der Waals surface area contributed by atoms with Crippen molar-refractivity contribution in [3.05, 3.63) is 77.6 Å². The number of carbonyl (C=O) groups excluding carboxylic acids is 1. The molecular weight excluding hydrogens is 454 g/mol. The van der Waals surface area contributed by atoms with Crippen LogP contribution in [0.1, 0.15) is 30.5 Å². The van der Waals surface area contributed by atoms with E-state index in [4.69, 9.17) is 18.6 Å². The van der Waals surface area contributed by atoms with E-state index in [1.807, 2.05) is 62.4 Å². The number of methoxy groups -OCH3 is 3. The van der Waals surface area contributed by atoms with Crippen molar-refractivity contribution in [2.45, 2.75) is 27.2 Å². The molecule has 36 heavy (non-hydrogen) atoms. The summed E-state index contributed by atoms with van der Waals surface area (Å²) in [5.41, 5.74) is 7.00. The molecule has 6 heteroatoms. The number of rotatable bonds is 8. The molecule has 0 unspecified atom stereocenters. The Labute approximate surface area is 211 Å². The summed E-state index contributed by atoms with van der Waals surface area (Å²) in [4.78, 5) is 12.8. The van der Waals surface area contributed by atoms with Crippen molar-refractivity contribution in [2.75, 3.05) is 26.6 Å². The number of aryl methyl sites for hydroxylation is 2. The molecule has 1 aromatic heterocycles. The first kappa shape index (κ1) is 24.9. The Morgan fingerprint density at radius 1 is 0.972 bits per heavy atom. The minimum atomic E-state index is -0.205. The summed E-state index contributed by atoms with van der Waals surface area (Å²) in [7, 11) is 4.84. The van der Waals surface area contributed by atoms with Crippen LogP contribution >= 0.6 is 0 Å². The molecule has 0 aliphatic carbocycles. The highest BCUT2D eigenvalue weighted by atomic mass is 16.5. The van der Waals surface area contributed by atoms with Gasteiger partial charge in [0.15, 0.2) is 11.5 Å². The van der Waals surface area contributed by atoms with E-state index in [9.17, 15) is 4.79 Å². The molecule has 1 heterocycles. The molecule has 186 valence electrons. The predicted octanol–water partition coefficient (Wildman–Crippen LogP) is 7.04. The monoisotopic (exact) mass is 485 g/mol. The maximum atomic E-state index is 12.8. The van der Waals surface area contributed by atoms with Gasteiger partial charge in [0.25, 0.3) is 0 Å². The van der Waals surface area contributed by atoms with Crippen LogP contribution in [0.5, 0.6) is 17.2 Å². The van der Waals surface area contributed by atoms with Gasteiger partial charge in [0.2, 0.25) is 5.91 Å². The second-order valence-corrected chi connectivity index (χ2v) is 8.55. The lowest BCUT2D eigenvalue weighted by molar-refractivity contribution is -0.111. The minimum Gasteiger partial charge on any atom is -0.496 e. The largest absolute Gasteiger partial charge is 0.496 e. The van der Waals surface area contributed by atoms with Gasteiger partial charge in [-0.15, -0.1) is 0 Å². The van der Waals surface area contributed by atoms with E-state index in [1.54, 1.807) is 33.7 Å². The molecule has 0 saturated heterocycles. The molecule has 0 fully saturated rings. The van der Waals surface area contributed by atoms with E-state index in [1.165, 1.54) is 5.56 Å². The van der Waals surface area contributed by atoms with Gasteiger partial charge in [0, 0.05) is 33.8 Å². The fourth-order valence-electron chi connectivity index (χ4n) is 4.38. The molecule has 4 rings (SSSR count). The summed E-state index contributed by atoms with van der Waals surface area (Å²) in [6, 6.07) is 15.6. The number of benzene rings is 3. The van der Waals surface area contributed by atoms with Gasteiger partial charge in [0.05, 0.1) is 27.6 Å². The zero-order valence-corrected chi connectivity index (χ0v) is 21.5. The highest BCUT2D eigenvalue weighted by molar-refractivity contribution is 6.06. The lowest BCUT2D eigenvalue weighted by Gasteiger charge is -2.14. The lowest BCUT2D eigenvalue weighted by Crippen LogP contribution is -2.08. The van der Waals surface area contributed by atoms with E-state index < -0.39 is 0 Å². The number of carbonyl (C=O) groups is 1. The molecule has 0 radical (unpaired) electrons. The van der Waals surface area contributed by atoms with Gasteiger partial charge in [-0.3, -0.25) is 4.79 Å². The molecule has 0 bridgehead atoms. The zero-order valence-electron chi connectivity index (χ0n) is 21.5. The number of fused-ring (bicyclic) bond motifs is 1. The van der Waals surface area contributed by atoms with Gasteiger partial charge < -0.3 is 23.9 Å². The van der Waals surface area contributed by atoms with Crippen molar-refractivity contribution in [1.29, 1.82) is 0 Å². The fourth-order valence-corrected chi connectivity index (χ4v) is 4.38. The summed E-state index contributed by atoms with van der Waals surface area (Å²) in [5, 5.41) is 3.85. The fraction of sp³-hybridized carbons (Fsp3) is 0.233. The number of nitrogens with one attached hydrogen (secondary N) is 1. The van der Waals surface area contributed by atoms with Crippen LogP contribution in [0.4, 0.5) is 5.69 Å². The van der Waals surface area contributed by atoms with Gasteiger partial charge in [-0.25, -0.2) is 0 Å². The van der Waals surface area contributed by atoms with Crippen LogP contribution in [0.25, 0.3) is 27.7 Å². The molecule has 0 aliphatic rings. The Morgan fingerprint density at radius 3 is 2.33 bits per heavy atom. The Balaban J connectivity index is 1.74. The third kappa shape index (κ3) is 4.80. The molecule has 0 atom stereocenters. The SMILES string of the molecule is CCc1ccc(NC(=O)/C=C(\C)c2cc3c(-c4ccc(OC)c(OC)c4)coc3c(C)c2OC)cc1. The third-order valence-corrected chi connectivity index (χ3v) is 6.34. The zero-order chi connectivity index (χ0) is 25.8. The summed E-state index contributed by atoms with van der Waals surface area (Å²) in [6.07, 6.45) is 4.27. The lowest BCUT2D eigenvalue weighted by atomic mass is 9.96. The normalized spacial score (nSPS) is 11.4.